The molecular weight excluding hydrogens is 374 g/mol. The fourth-order valence-corrected chi connectivity index (χ4v) is 3.57. The Morgan fingerprint density at radius 2 is 1.97 bits per heavy atom. The first-order valence-corrected chi connectivity index (χ1v) is 10.2. The van der Waals surface area contributed by atoms with Crippen molar-refractivity contribution < 1.29 is 23.8 Å². The summed E-state index contributed by atoms with van der Waals surface area (Å²) in [6.45, 7) is 6.14. The predicted molar refractivity (Wildman–Crippen MR) is 108 cm³/mol. The smallest absolute Gasteiger partial charge is 0.254 e. The van der Waals surface area contributed by atoms with Gasteiger partial charge >= 0.3 is 0 Å². The van der Waals surface area contributed by atoms with Crippen LogP contribution in [0.2, 0.25) is 0 Å². The van der Waals surface area contributed by atoms with Gasteiger partial charge in [-0.1, -0.05) is 13.8 Å². The number of nitrogens with one attached hydrogen (secondary N) is 2. The van der Waals surface area contributed by atoms with Gasteiger partial charge in [0.15, 0.2) is 6.29 Å². The Hall–Kier alpha value is -2.16. The first-order chi connectivity index (χ1) is 13.9. The van der Waals surface area contributed by atoms with Gasteiger partial charge in [-0.15, -0.1) is 0 Å². The molecular formula is C21H31N3O5. The highest BCUT2D eigenvalue weighted by Crippen LogP contribution is 2.43. The Kier molecular flexibility index (Phi) is 6.77. The maximum Gasteiger partial charge on any atom is 0.254 e. The van der Waals surface area contributed by atoms with E-state index < -0.39 is 0 Å². The van der Waals surface area contributed by atoms with Crippen molar-refractivity contribution >= 4 is 11.8 Å². The van der Waals surface area contributed by atoms with Crippen molar-refractivity contribution in [2.24, 2.45) is 5.73 Å². The molecule has 8 heteroatoms. The van der Waals surface area contributed by atoms with Gasteiger partial charge in [0.2, 0.25) is 0 Å². The summed E-state index contributed by atoms with van der Waals surface area (Å²) < 4.78 is 16.8. The maximum absolute atomic E-state index is 12.7. The molecule has 0 aromatic heterocycles. The Balaban J connectivity index is 1.65. The molecule has 4 N–H and O–H groups in total. The van der Waals surface area contributed by atoms with Gasteiger partial charge in [0, 0.05) is 36.6 Å². The number of ether oxygens (including phenoxy) is 3. The lowest BCUT2D eigenvalue weighted by molar-refractivity contribution is -0.188. The molecule has 0 bridgehead atoms. The van der Waals surface area contributed by atoms with E-state index in [2.05, 4.69) is 24.5 Å². The molecule has 29 heavy (non-hydrogen) atoms. The minimum Gasteiger partial charge on any atom is -0.492 e. The third-order valence-electron chi connectivity index (χ3n) is 5.68. The Morgan fingerprint density at radius 3 is 2.62 bits per heavy atom. The van der Waals surface area contributed by atoms with Crippen LogP contribution in [-0.2, 0) is 14.9 Å². The van der Waals surface area contributed by atoms with Gasteiger partial charge in [-0.05, 0) is 25.0 Å². The number of carbonyl (C=O) groups excluding carboxylic acids is 2. The van der Waals surface area contributed by atoms with Crippen LogP contribution in [0.5, 0.6) is 5.75 Å². The summed E-state index contributed by atoms with van der Waals surface area (Å²) in [5.74, 6) is 0.104. The van der Waals surface area contributed by atoms with Crippen molar-refractivity contribution in [3.05, 3.63) is 28.8 Å². The number of carbonyl (C=O) groups is 2. The average Bonchev–Trinajstić information content (AvgIpc) is 3.08. The van der Waals surface area contributed by atoms with Gasteiger partial charge in [0.05, 0.1) is 31.4 Å². The molecule has 2 aliphatic heterocycles. The molecule has 2 amide bonds. The number of rotatable bonds is 7. The molecule has 160 valence electrons. The third-order valence-corrected chi connectivity index (χ3v) is 5.68. The van der Waals surface area contributed by atoms with Gasteiger partial charge < -0.3 is 30.6 Å². The monoisotopic (exact) mass is 405 g/mol. The molecule has 1 fully saturated rings. The van der Waals surface area contributed by atoms with E-state index in [4.69, 9.17) is 19.9 Å². The Bertz CT molecular complexity index is 761. The molecule has 1 atom stereocenters. The topological polar surface area (TPSA) is 112 Å². The van der Waals surface area contributed by atoms with E-state index in [9.17, 15) is 9.59 Å². The second-order valence-corrected chi connectivity index (χ2v) is 7.94. The standard InChI is InChI=1S/C21H31N3O5/c1-4-21(2)12-29-18-15(20(26)23-3)8-13(9-16(18)21)19(25)24-7-5-6-17-27-10-14(22)11-28-17/h8-9,14,17H,4-7,10-12,22H2,1-3H3,(H,23,26)(H,24,25)/t14-,17-,21-/m0/s1. The molecule has 0 aliphatic carbocycles. The molecule has 1 saturated heterocycles. The van der Waals surface area contributed by atoms with E-state index in [0.29, 0.717) is 56.1 Å². The zero-order valence-corrected chi connectivity index (χ0v) is 17.4. The molecule has 0 radical (unpaired) electrons. The Labute approximate surface area is 171 Å². The number of fused-ring (bicyclic) bond motifs is 1. The van der Waals surface area contributed by atoms with Crippen molar-refractivity contribution in [1.29, 1.82) is 0 Å². The van der Waals surface area contributed by atoms with E-state index >= 15 is 0 Å². The van der Waals surface area contributed by atoms with Crippen LogP contribution in [-0.4, -0.2) is 57.6 Å². The SMILES string of the molecule is CC[C@@]1(C)COc2c(C(=O)NC)cc(C(=O)NCCC[C@H]3OC[C@H](N)CO3)cc21. The Morgan fingerprint density at radius 1 is 1.24 bits per heavy atom. The van der Waals surface area contributed by atoms with Crippen LogP contribution in [0.1, 0.15) is 59.4 Å². The fourth-order valence-electron chi connectivity index (χ4n) is 3.57. The van der Waals surface area contributed by atoms with E-state index in [1.54, 1.807) is 13.1 Å². The number of amides is 2. The summed E-state index contributed by atoms with van der Waals surface area (Å²) in [6, 6.07) is 3.38. The lowest BCUT2D eigenvalue weighted by Gasteiger charge is -2.27. The lowest BCUT2D eigenvalue weighted by Crippen LogP contribution is -2.41. The zero-order valence-electron chi connectivity index (χ0n) is 17.4. The van der Waals surface area contributed by atoms with Crippen molar-refractivity contribution in [3.8, 4) is 5.75 Å². The number of benzene rings is 1. The van der Waals surface area contributed by atoms with Crippen LogP contribution in [0.15, 0.2) is 12.1 Å². The number of hydrogen-bond donors (Lipinski definition) is 3. The van der Waals surface area contributed by atoms with Gasteiger partial charge in [0.25, 0.3) is 11.8 Å². The fraction of sp³-hybridized carbons (Fsp3) is 0.619. The number of hydrogen-bond acceptors (Lipinski definition) is 6. The van der Waals surface area contributed by atoms with Crippen molar-refractivity contribution in [3.63, 3.8) is 0 Å². The average molecular weight is 405 g/mol. The molecule has 8 nitrogen and oxygen atoms in total. The molecule has 1 aromatic carbocycles. The quantitative estimate of drug-likeness (QED) is 0.590. The summed E-state index contributed by atoms with van der Waals surface area (Å²) in [5, 5.41) is 5.55. The van der Waals surface area contributed by atoms with E-state index in [-0.39, 0.29) is 29.6 Å². The summed E-state index contributed by atoms with van der Waals surface area (Å²) in [5.41, 5.74) is 7.27. The van der Waals surface area contributed by atoms with Crippen LogP contribution in [0, 0.1) is 0 Å². The van der Waals surface area contributed by atoms with Crippen LogP contribution < -0.4 is 21.1 Å². The predicted octanol–water partition coefficient (Wildman–Crippen LogP) is 1.32. The highest BCUT2D eigenvalue weighted by atomic mass is 16.7. The van der Waals surface area contributed by atoms with Crippen molar-refractivity contribution in [1.82, 2.24) is 10.6 Å². The van der Waals surface area contributed by atoms with Gasteiger partial charge in [-0.3, -0.25) is 9.59 Å². The first kappa shape index (κ1) is 21.5. The molecule has 0 saturated carbocycles. The molecule has 3 rings (SSSR count). The first-order valence-electron chi connectivity index (χ1n) is 10.2. The van der Waals surface area contributed by atoms with E-state index in [1.165, 1.54) is 0 Å². The largest absolute Gasteiger partial charge is 0.492 e. The zero-order chi connectivity index (χ0) is 21.0. The third kappa shape index (κ3) is 4.71. The minimum absolute atomic E-state index is 0.0712. The highest BCUT2D eigenvalue weighted by molar-refractivity contribution is 6.02. The van der Waals surface area contributed by atoms with E-state index in [0.717, 1.165) is 12.0 Å². The summed E-state index contributed by atoms with van der Waals surface area (Å²) >= 11 is 0. The van der Waals surface area contributed by atoms with Crippen LogP contribution >= 0.6 is 0 Å². The summed E-state index contributed by atoms with van der Waals surface area (Å²) in [7, 11) is 1.57. The molecule has 1 aromatic rings. The molecule has 0 unspecified atom stereocenters. The minimum atomic E-state index is -0.269. The highest BCUT2D eigenvalue weighted by Gasteiger charge is 2.38. The molecule has 0 spiro atoms. The second kappa shape index (κ2) is 9.11. The summed E-state index contributed by atoms with van der Waals surface area (Å²) in [6.07, 6.45) is 1.98. The van der Waals surface area contributed by atoms with Crippen molar-refractivity contribution in [2.45, 2.75) is 50.9 Å². The maximum atomic E-state index is 12.7. The van der Waals surface area contributed by atoms with Crippen LogP contribution in [0.4, 0.5) is 0 Å². The van der Waals surface area contributed by atoms with Crippen LogP contribution in [0.3, 0.4) is 0 Å². The van der Waals surface area contributed by atoms with Crippen molar-refractivity contribution in [2.75, 3.05) is 33.4 Å². The van der Waals surface area contributed by atoms with Gasteiger partial charge in [-0.2, -0.15) is 0 Å². The lowest BCUT2D eigenvalue weighted by atomic mass is 9.80. The number of nitrogens with two attached hydrogens (primary N) is 1. The van der Waals surface area contributed by atoms with Gasteiger partial charge in [0.1, 0.15) is 5.75 Å². The van der Waals surface area contributed by atoms with E-state index in [1.807, 2.05) is 6.07 Å². The molecule has 2 aliphatic rings. The normalized spacial score (nSPS) is 25.8. The second-order valence-electron chi connectivity index (χ2n) is 7.94. The van der Waals surface area contributed by atoms with Crippen LogP contribution in [0.25, 0.3) is 0 Å². The van der Waals surface area contributed by atoms with Gasteiger partial charge in [-0.25, -0.2) is 0 Å². The summed E-state index contributed by atoms with van der Waals surface area (Å²) in [4.78, 5) is 25.1. The molecule has 2 heterocycles.